The van der Waals surface area contributed by atoms with Crippen LogP contribution >= 0.6 is 68.1 Å². The van der Waals surface area contributed by atoms with E-state index in [0.717, 1.165) is 29.6 Å². The summed E-state index contributed by atoms with van der Waals surface area (Å²) in [6.07, 6.45) is 1.85. The molecular formula is C29H21ClI2N2O4S. The fourth-order valence-corrected chi connectivity index (χ4v) is 7.79. The van der Waals surface area contributed by atoms with Gasteiger partial charge < -0.3 is 9.47 Å². The van der Waals surface area contributed by atoms with E-state index in [1.54, 1.807) is 30.7 Å². The topological polar surface area (TPSA) is 69.9 Å². The van der Waals surface area contributed by atoms with Crippen LogP contribution in [-0.2, 0) is 9.53 Å². The van der Waals surface area contributed by atoms with Crippen LogP contribution in [0.3, 0.4) is 0 Å². The first-order valence-corrected chi connectivity index (χ1v) is 15.2. The third kappa shape index (κ3) is 5.59. The average molecular weight is 783 g/mol. The Labute approximate surface area is 260 Å². The first kappa shape index (κ1) is 28.1. The lowest BCUT2D eigenvalue weighted by Gasteiger charge is -2.25. The summed E-state index contributed by atoms with van der Waals surface area (Å²) in [7, 11) is 1.64. The van der Waals surface area contributed by atoms with Crippen molar-refractivity contribution in [3.63, 3.8) is 0 Å². The van der Waals surface area contributed by atoms with Crippen molar-refractivity contribution in [2.24, 2.45) is 4.99 Å². The molecule has 1 atom stereocenters. The molecular weight excluding hydrogens is 762 g/mol. The van der Waals surface area contributed by atoms with Crippen molar-refractivity contribution in [3.05, 3.63) is 121 Å². The molecule has 2 heterocycles. The van der Waals surface area contributed by atoms with Gasteiger partial charge in [-0.25, -0.2) is 9.79 Å². The molecule has 39 heavy (non-hydrogen) atoms. The molecule has 5 rings (SSSR count). The minimum absolute atomic E-state index is 0.191. The van der Waals surface area contributed by atoms with Gasteiger partial charge in [-0.3, -0.25) is 9.36 Å². The van der Waals surface area contributed by atoms with Gasteiger partial charge in [-0.15, -0.1) is 0 Å². The Bertz CT molecular complexity index is 1760. The number of benzene rings is 3. The summed E-state index contributed by atoms with van der Waals surface area (Å²) >= 11 is 11.9. The van der Waals surface area contributed by atoms with Crippen LogP contribution in [0.2, 0.25) is 5.02 Å². The van der Waals surface area contributed by atoms with Gasteiger partial charge in [-0.05, 0) is 93.6 Å². The zero-order chi connectivity index (χ0) is 27.7. The van der Waals surface area contributed by atoms with Gasteiger partial charge in [-0.1, -0.05) is 65.4 Å². The van der Waals surface area contributed by atoms with Crippen LogP contribution in [0.25, 0.3) is 11.8 Å². The van der Waals surface area contributed by atoms with Gasteiger partial charge in [0.25, 0.3) is 5.56 Å². The lowest BCUT2D eigenvalue weighted by atomic mass is 9.93. The lowest BCUT2D eigenvalue weighted by Crippen LogP contribution is -2.40. The highest BCUT2D eigenvalue weighted by atomic mass is 127. The number of hydrogen-bond acceptors (Lipinski definition) is 6. The van der Waals surface area contributed by atoms with E-state index in [-0.39, 0.29) is 12.2 Å². The van der Waals surface area contributed by atoms with Crippen LogP contribution < -0.4 is 19.6 Å². The molecule has 1 aliphatic heterocycles. The summed E-state index contributed by atoms with van der Waals surface area (Å²) in [5.74, 6) is 0.276. The molecule has 3 aromatic carbocycles. The summed E-state index contributed by atoms with van der Waals surface area (Å²) in [6.45, 7) is 1.95. The van der Waals surface area contributed by atoms with Gasteiger partial charge in [0.15, 0.2) is 4.80 Å². The molecule has 0 fully saturated rings. The molecule has 0 spiro atoms. The Hall–Kier alpha value is -2.48. The number of aromatic nitrogens is 1. The van der Waals surface area contributed by atoms with E-state index in [1.165, 1.54) is 11.3 Å². The molecule has 0 bridgehead atoms. The molecule has 1 aliphatic rings. The molecule has 0 radical (unpaired) electrons. The van der Waals surface area contributed by atoms with Crippen LogP contribution in [0.4, 0.5) is 0 Å². The van der Waals surface area contributed by atoms with Gasteiger partial charge in [0.1, 0.15) is 5.75 Å². The van der Waals surface area contributed by atoms with Gasteiger partial charge in [0, 0.05) is 10.6 Å². The lowest BCUT2D eigenvalue weighted by molar-refractivity contribution is -0.138. The standard InChI is InChI=1S/C29H21ClI2N2O4S/c1-3-38-28(36)23-24(17-7-5-4-6-8-17)33-29-34(25(23)18-9-11-19(30)12-10-18)27(35)22(39-29)15-16-13-20(31)26(37-2)21(32)14-16/h4-15,25H,3H2,1-2H3/b22-15-. The zero-order valence-corrected chi connectivity index (χ0v) is 26.7. The van der Waals surface area contributed by atoms with Crippen molar-refractivity contribution in [1.82, 2.24) is 4.57 Å². The largest absolute Gasteiger partial charge is 0.495 e. The quantitative estimate of drug-likeness (QED) is 0.183. The Morgan fingerprint density at radius 1 is 1.10 bits per heavy atom. The highest BCUT2D eigenvalue weighted by molar-refractivity contribution is 14.1. The monoisotopic (exact) mass is 782 g/mol. The molecule has 10 heteroatoms. The fraction of sp³-hybridized carbons (Fsp3) is 0.138. The summed E-state index contributed by atoms with van der Waals surface area (Å²) < 4.78 is 14.9. The van der Waals surface area contributed by atoms with Crippen molar-refractivity contribution in [1.29, 1.82) is 0 Å². The molecule has 1 aromatic heterocycles. The number of nitrogens with zero attached hydrogens (tertiary/aromatic N) is 2. The third-order valence-corrected chi connectivity index (χ3v) is 8.92. The molecule has 0 aliphatic carbocycles. The van der Waals surface area contributed by atoms with Gasteiger partial charge in [-0.2, -0.15) is 0 Å². The van der Waals surface area contributed by atoms with Crippen molar-refractivity contribution < 1.29 is 14.3 Å². The number of fused-ring (bicyclic) bond motifs is 1. The number of thiazole rings is 1. The molecule has 6 nitrogen and oxygen atoms in total. The smallest absolute Gasteiger partial charge is 0.338 e. The number of carbonyl (C=O) groups is 1. The summed E-state index contributed by atoms with van der Waals surface area (Å²) in [5.41, 5.74) is 2.90. The third-order valence-electron chi connectivity index (χ3n) is 6.08. The predicted molar refractivity (Wildman–Crippen MR) is 171 cm³/mol. The first-order chi connectivity index (χ1) is 18.8. The molecule has 4 aromatic rings. The second-order valence-corrected chi connectivity index (χ2v) is 12.3. The Morgan fingerprint density at radius 2 is 1.77 bits per heavy atom. The average Bonchev–Trinajstić information content (AvgIpc) is 3.23. The van der Waals surface area contributed by atoms with Crippen LogP contribution in [0.15, 0.2) is 82.1 Å². The van der Waals surface area contributed by atoms with E-state index in [9.17, 15) is 9.59 Å². The van der Waals surface area contributed by atoms with Crippen LogP contribution in [-0.4, -0.2) is 24.3 Å². The van der Waals surface area contributed by atoms with Gasteiger partial charge in [0.05, 0.1) is 42.7 Å². The van der Waals surface area contributed by atoms with E-state index in [4.69, 9.17) is 26.1 Å². The molecule has 198 valence electrons. The Balaban J connectivity index is 1.81. The van der Waals surface area contributed by atoms with Crippen molar-refractivity contribution in [2.75, 3.05) is 13.7 Å². The Kier molecular flexibility index (Phi) is 8.60. The minimum atomic E-state index is -0.744. The number of halogens is 3. The number of rotatable bonds is 6. The maximum atomic E-state index is 14.0. The van der Waals surface area contributed by atoms with Crippen LogP contribution in [0.5, 0.6) is 5.75 Å². The molecule has 1 unspecified atom stereocenters. The van der Waals surface area contributed by atoms with Crippen LogP contribution in [0.1, 0.15) is 29.7 Å². The van der Waals surface area contributed by atoms with Gasteiger partial charge in [0.2, 0.25) is 0 Å². The first-order valence-electron chi connectivity index (χ1n) is 11.9. The predicted octanol–water partition coefficient (Wildman–Crippen LogP) is 5.81. The number of carbonyl (C=O) groups excluding carboxylic acids is 1. The van der Waals surface area contributed by atoms with E-state index in [2.05, 4.69) is 45.2 Å². The SMILES string of the molecule is CCOC(=O)C1=C(c2ccccc2)N=c2s/c(=C\c3cc(I)c(OC)c(I)c3)c(=O)n2C1c1ccc(Cl)cc1. The highest BCUT2D eigenvalue weighted by Crippen LogP contribution is 2.35. The summed E-state index contributed by atoms with van der Waals surface area (Å²) in [6, 6.07) is 19.8. The summed E-state index contributed by atoms with van der Waals surface area (Å²) in [5, 5.41) is 0.555. The number of ether oxygens (including phenoxy) is 2. The number of hydrogen-bond donors (Lipinski definition) is 0. The van der Waals surface area contributed by atoms with Crippen molar-refractivity contribution in [3.8, 4) is 5.75 Å². The van der Waals surface area contributed by atoms with E-state index in [0.29, 0.717) is 25.6 Å². The van der Waals surface area contributed by atoms with Crippen molar-refractivity contribution >= 4 is 85.9 Å². The second kappa shape index (κ2) is 11.9. The van der Waals surface area contributed by atoms with Crippen LogP contribution in [0, 0.1) is 7.14 Å². The summed E-state index contributed by atoms with van der Waals surface area (Å²) in [4.78, 5) is 32.8. The normalized spacial score (nSPS) is 15.1. The minimum Gasteiger partial charge on any atom is -0.495 e. The van der Waals surface area contributed by atoms with Crippen molar-refractivity contribution in [2.45, 2.75) is 13.0 Å². The number of methoxy groups -OCH3 is 1. The van der Waals surface area contributed by atoms with E-state index < -0.39 is 12.0 Å². The highest BCUT2D eigenvalue weighted by Gasteiger charge is 2.35. The molecule has 0 amide bonds. The second-order valence-electron chi connectivity index (χ2n) is 8.50. The fourth-order valence-electron chi connectivity index (χ4n) is 4.41. The molecule has 0 saturated heterocycles. The van der Waals surface area contributed by atoms with Gasteiger partial charge >= 0.3 is 5.97 Å². The maximum Gasteiger partial charge on any atom is 0.338 e. The van der Waals surface area contributed by atoms with E-state index in [1.807, 2.05) is 60.7 Å². The molecule has 0 saturated carbocycles. The maximum absolute atomic E-state index is 14.0. The number of esters is 1. The molecule has 0 N–H and O–H groups in total. The zero-order valence-electron chi connectivity index (χ0n) is 20.8. The van der Waals surface area contributed by atoms with E-state index >= 15 is 0 Å². The Morgan fingerprint density at radius 3 is 2.38 bits per heavy atom.